The number of hydrogen-bond acceptors (Lipinski definition) is 3. The Labute approximate surface area is 153 Å². The maximum atomic E-state index is 12.0. The molecule has 5 heteroatoms. The van der Waals surface area contributed by atoms with E-state index in [1.165, 1.54) is 6.08 Å². The summed E-state index contributed by atoms with van der Waals surface area (Å²) in [4.78, 5) is 23.5. The molecule has 0 radical (unpaired) electrons. The van der Waals surface area contributed by atoms with Crippen molar-refractivity contribution in [2.45, 2.75) is 26.3 Å². The molecule has 0 spiro atoms. The Kier molecular flexibility index (Phi) is 6.97. The van der Waals surface area contributed by atoms with Crippen molar-refractivity contribution >= 4 is 18.0 Å². The SMILES string of the molecule is CCOc1ccc(C[C@H](NC(=O)C=Cc2ccc(C)cc2)C(=O)O)cc1. The Morgan fingerprint density at radius 3 is 2.35 bits per heavy atom. The van der Waals surface area contributed by atoms with Gasteiger partial charge in [-0.15, -0.1) is 0 Å². The van der Waals surface area contributed by atoms with Gasteiger partial charge in [0, 0.05) is 12.5 Å². The van der Waals surface area contributed by atoms with Crippen molar-refractivity contribution in [1.82, 2.24) is 5.32 Å². The minimum Gasteiger partial charge on any atom is -0.494 e. The molecule has 0 aliphatic heterocycles. The van der Waals surface area contributed by atoms with Crippen molar-refractivity contribution in [2.24, 2.45) is 0 Å². The van der Waals surface area contributed by atoms with Crippen LogP contribution in [-0.4, -0.2) is 29.6 Å². The Hall–Kier alpha value is -3.08. The molecule has 0 aromatic heterocycles. The van der Waals surface area contributed by atoms with E-state index in [2.05, 4.69) is 5.32 Å². The normalized spacial score (nSPS) is 11.9. The summed E-state index contributed by atoms with van der Waals surface area (Å²) < 4.78 is 5.36. The van der Waals surface area contributed by atoms with Crippen LogP contribution in [0.1, 0.15) is 23.6 Å². The molecule has 2 aromatic carbocycles. The molecular formula is C21H23NO4. The fourth-order valence-corrected chi connectivity index (χ4v) is 2.39. The van der Waals surface area contributed by atoms with Gasteiger partial charge in [-0.2, -0.15) is 0 Å². The lowest BCUT2D eigenvalue weighted by atomic mass is 10.1. The highest BCUT2D eigenvalue weighted by atomic mass is 16.5. The maximum absolute atomic E-state index is 12.0. The molecule has 2 aromatic rings. The number of carboxylic acid groups (broad SMARTS) is 1. The van der Waals surface area contributed by atoms with Gasteiger partial charge in [0.1, 0.15) is 11.8 Å². The predicted molar refractivity (Wildman–Crippen MR) is 101 cm³/mol. The minimum absolute atomic E-state index is 0.200. The van der Waals surface area contributed by atoms with Crippen LogP contribution in [0.2, 0.25) is 0 Å². The molecule has 0 saturated heterocycles. The molecule has 1 atom stereocenters. The smallest absolute Gasteiger partial charge is 0.326 e. The van der Waals surface area contributed by atoms with E-state index in [-0.39, 0.29) is 6.42 Å². The number of amides is 1. The van der Waals surface area contributed by atoms with Crippen LogP contribution in [0, 0.1) is 6.92 Å². The van der Waals surface area contributed by atoms with Gasteiger partial charge in [-0.05, 0) is 43.2 Å². The summed E-state index contributed by atoms with van der Waals surface area (Å²) in [6.45, 7) is 4.45. The first-order valence-electron chi connectivity index (χ1n) is 8.47. The third-order valence-electron chi connectivity index (χ3n) is 3.79. The molecule has 26 heavy (non-hydrogen) atoms. The van der Waals surface area contributed by atoms with E-state index < -0.39 is 17.9 Å². The Morgan fingerprint density at radius 2 is 1.77 bits per heavy atom. The molecule has 0 aliphatic rings. The third-order valence-corrected chi connectivity index (χ3v) is 3.79. The second-order valence-corrected chi connectivity index (χ2v) is 5.92. The second kappa shape index (κ2) is 9.42. The van der Waals surface area contributed by atoms with Crippen LogP contribution in [0.4, 0.5) is 0 Å². The zero-order chi connectivity index (χ0) is 18.9. The van der Waals surface area contributed by atoms with Gasteiger partial charge in [0.15, 0.2) is 0 Å². The maximum Gasteiger partial charge on any atom is 0.326 e. The highest BCUT2D eigenvalue weighted by Crippen LogP contribution is 2.13. The minimum atomic E-state index is -1.07. The predicted octanol–water partition coefficient (Wildman–Crippen LogP) is 3.22. The summed E-state index contributed by atoms with van der Waals surface area (Å²) in [7, 11) is 0. The van der Waals surface area contributed by atoms with Crippen LogP contribution in [0.15, 0.2) is 54.6 Å². The number of carboxylic acids is 1. The van der Waals surface area contributed by atoms with Crippen molar-refractivity contribution < 1.29 is 19.4 Å². The lowest BCUT2D eigenvalue weighted by Gasteiger charge is -2.14. The molecule has 0 saturated carbocycles. The van der Waals surface area contributed by atoms with Gasteiger partial charge >= 0.3 is 5.97 Å². The standard InChI is InChI=1S/C21H23NO4/c1-3-26-18-11-8-17(9-12-18)14-19(21(24)25)22-20(23)13-10-16-6-4-15(2)5-7-16/h4-13,19H,3,14H2,1-2H3,(H,22,23)(H,24,25)/t19-/m0/s1. The Bertz CT molecular complexity index is 764. The lowest BCUT2D eigenvalue weighted by Crippen LogP contribution is -2.41. The van der Waals surface area contributed by atoms with Crippen LogP contribution in [0.3, 0.4) is 0 Å². The number of ether oxygens (including phenoxy) is 1. The zero-order valence-corrected chi connectivity index (χ0v) is 14.9. The molecule has 0 bridgehead atoms. The molecule has 136 valence electrons. The molecular weight excluding hydrogens is 330 g/mol. The molecule has 0 heterocycles. The molecule has 0 fully saturated rings. The number of aryl methyl sites for hydroxylation is 1. The van der Waals surface area contributed by atoms with Gasteiger partial charge in [-0.1, -0.05) is 42.0 Å². The van der Waals surface area contributed by atoms with Crippen molar-refractivity contribution in [3.8, 4) is 5.75 Å². The second-order valence-electron chi connectivity index (χ2n) is 5.92. The summed E-state index contributed by atoms with van der Waals surface area (Å²) in [6, 6.07) is 13.9. The van der Waals surface area contributed by atoms with E-state index in [4.69, 9.17) is 4.74 Å². The number of hydrogen-bond donors (Lipinski definition) is 2. The van der Waals surface area contributed by atoms with Crippen LogP contribution < -0.4 is 10.1 Å². The van der Waals surface area contributed by atoms with Gasteiger partial charge in [0.05, 0.1) is 6.61 Å². The van der Waals surface area contributed by atoms with E-state index in [0.717, 1.165) is 22.4 Å². The van der Waals surface area contributed by atoms with Gasteiger partial charge < -0.3 is 15.2 Å². The van der Waals surface area contributed by atoms with Crippen LogP contribution >= 0.6 is 0 Å². The fraction of sp³-hybridized carbons (Fsp3) is 0.238. The highest BCUT2D eigenvalue weighted by molar-refractivity contribution is 5.94. The Morgan fingerprint density at radius 1 is 1.12 bits per heavy atom. The van der Waals surface area contributed by atoms with Gasteiger partial charge in [-0.3, -0.25) is 4.79 Å². The van der Waals surface area contributed by atoms with Gasteiger partial charge in [-0.25, -0.2) is 4.79 Å². The number of rotatable bonds is 8. The van der Waals surface area contributed by atoms with Crippen molar-refractivity contribution in [3.63, 3.8) is 0 Å². The van der Waals surface area contributed by atoms with E-state index in [9.17, 15) is 14.7 Å². The summed E-state index contributed by atoms with van der Waals surface area (Å²) >= 11 is 0. The van der Waals surface area contributed by atoms with Gasteiger partial charge in [0.25, 0.3) is 0 Å². The first-order valence-corrected chi connectivity index (χ1v) is 8.47. The van der Waals surface area contributed by atoms with Crippen molar-refractivity contribution in [2.75, 3.05) is 6.61 Å². The molecule has 2 rings (SSSR count). The van der Waals surface area contributed by atoms with E-state index in [1.54, 1.807) is 30.3 Å². The number of benzene rings is 2. The quantitative estimate of drug-likeness (QED) is 0.715. The summed E-state index contributed by atoms with van der Waals surface area (Å²) in [5, 5.41) is 11.9. The highest BCUT2D eigenvalue weighted by Gasteiger charge is 2.19. The van der Waals surface area contributed by atoms with Crippen LogP contribution in [0.25, 0.3) is 6.08 Å². The molecule has 2 N–H and O–H groups in total. The molecule has 0 aliphatic carbocycles. The molecule has 0 unspecified atom stereocenters. The average Bonchev–Trinajstić information content (AvgIpc) is 2.62. The number of carbonyl (C=O) groups excluding carboxylic acids is 1. The topological polar surface area (TPSA) is 75.6 Å². The van der Waals surface area contributed by atoms with Crippen molar-refractivity contribution in [1.29, 1.82) is 0 Å². The summed E-state index contributed by atoms with van der Waals surface area (Å²) in [5.41, 5.74) is 2.82. The average molecular weight is 353 g/mol. The lowest BCUT2D eigenvalue weighted by molar-refractivity contribution is -0.141. The number of carbonyl (C=O) groups is 2. The van der Waals surface area contributed by atoms with Crippen molar-refractivity contribution in [3.05, 3.63) is 71.3 Å². The number of nitrogens with one attached hydrogen (secondary N) is 1. The number of aliphatic carboxylic acids is 1. The molecule has 5 nitrogen and oxygen atoms in total. The van der Waals surface area contributed by atoms with E-state index in [1.807, 2.05) is 38.1 Å². The summed E-state index contributed by atoms with van der Waals surface area (Å²) in [6.07, 6.45) is 3.20. The zero-order valence-electron chi connectivity index (χ0n) is 14.9. The largest absolute Gasteiger partial charge is 0.494 e. The van der Waals surface area contributed by atoms with Gasteiger partial charge in [0.2, 0.25) is 5.91 Å². The van der Waals surface area contributed by atoms with E-state index in [0.29, 0.717) is 6.61 Å². The monoisotopic (exact) mass is 353 g/mol. The first-order chi connectivity index (χ1) is 12.5. The Balaban J connectivity index is 1.97. The summed E-state index contributed by atoms with van der Waals surface area (Å²) in [5.74, 6) is -0.784. The fourth-order valence-electron chi connectivity index (χ4n) is 2.39. The third kappa shape index (κ3) is 6.09. The first kappa shape index (κ1) is 19.2. The molecule has 1 amide bonds. The van der Waals surface area contributed by atoms with E-state index >= 15 is 0 Å². The van der Waals surface area contributed by atoms with Crippen LogP contribution in [-0.2, 0) is 16.0 Å². The van der Waals surface area contributed by atoms with Crippen LogP contribution in [0.5, 0.6) is 5.75 Å².